The van der Waals surface area contributed by atoms with E-state index in [1.807, 2.05) is 0 Å². The monoisotopic (exact) mass is 200 g/mol. The Hall–Kier alpha value is -0.0800. The SMILES string of the molecule is CCCCN(CC)CCC(CC)CN. The summed E-state index contributed by atoms with van der Waals surface area (Å²) >= 11 is 0. The summed E-state index contributed by atoms with van der Waals surface area (Å²) in [6.07, 6.45) is 5.12. The lowest BCUT2D eigenvalue weighted by Gasteiger charge is -2.22. The van der Waals surface area contributed by atoms with Crippen LogP contribution in [0.2, 0.25) is 0 Å². The zero-order chi connectivity index (χ0) is 10.8. The normalized spacial score (nSPS) is 13.5. The van der Waals surface area contributed by atoms with Crippen LogP contribution in [-0.4, -0.2) is 31.1 Å². The van der Waals surface area contributed by atoms with Gasteiger partial charge in [0.05, 0.1) is 0 Å². The van der Waals surface area contributed by atoms with Gasteiger partial charge in [0, 0.05) is 0 Å². The molecule has 0 heterocycles. The molecule has 86 valence electrons. The van der Waals surface area contributed by atoms with Crippen molar-refractivity contribution in [3.8, 4) is 0 Å². The first-order chi connectivity index (χ1) is 6.78. The molecule has 0 spiro atoms. The lowest BCUT2D eigenvalue weighted by atomic mass is 10.0. The second-order valence-corrected chi connectivity index (χ2v) is 4.09. The zero-order valence-corrected chi connectivity index (χ0v) is 10.3. The summed E-state index contributed by atoms with van der Waals surface area (Å²) in [6.45, 7) is 11.3. The molecular weight excluding hydrogens is 172 g/mol. The Morgan fingerprint density at radius 1 is 1.14 bits per heavy atom. The molecule has 0 rings (SSSR count). The van der Waals surface area contributed by atoms with E-state index in [0.29, 0.717) is 0 Å². The summed E-state index contributed by atoms with van der Waals surface area (Å²) in [6, 6.07) is 0. The van der Waals surface area contributed by atoms with Crippen LogP contribution in [-0.2, 0) is 0 Å². The summed E-state index contributed by atoms with van der Waals surface area (Å²) in [7, 11) is 0. The van der Waals surface area contributed by atoms with Gasteiger partial charge in [-0.25, -0.2) is 0 Å². The third-order valence-corrected chi connectivity index (χ3v) is 3.04. The fourth-order valence-corrected chi connectivity index (χ4v) is 1.66. The molecule has 0 bridgehead atoms. The second-order valence-electron chi connectivity index (χ2n) is 4.09. The van der Waals surface area contributed by atoms with Crippen LogP contribution < -0.4 is 5.73 Å². The van der Waals surface area contributed by atoms with Crippen molar-refractivity contribution in [3.63, 3.8) is 0 Å². The highest BCUT2D eigenvalue weighted by Gasteiger charge is 2.06. The van der Waals surface area contributed by atoms with E-state index in [9.17, 15) is 0 Å². The van der Waals surface area contributed by atoms with Crippen LogP contribution in [0.3, 0.4) is 0 Å². The molecule has 0 aromatic carbocycles. The average Bonchev–Trinajstić information content (AvgIpc) is 2.23. The van der Waals surface area contributed by atoms with Crippen molar-refractivity contribution >= 4 is 0 Å². The minimum Gasteiger partial charge on any atom is -0.330 e. The number of unbranched alkanes of at least 4 members (excludes halogenated alkanes) is 1. The molecular formula is C12H28N2. The highest BCUT2D eigenvalue weighted by Crippen LogP contribution is 2.07. The van der Waals surface area contributed by atoms with Gasteiger partial charge in [-0.1, -0.05) is 33.6 Å². The van der Waals surface area contributed by atoms with Crippen molar-refractivity contribution in [1.82, 2.24) is 4.90 Å². The lowest BCUT2D eigenvalue weighted by Crippen LogP contribution is -2.28. The van der Waals surface area contributed by atoms with Crippen molar-refractivity contribution in [3.05, 3.63) is 0 Å². The van der Waals surface area contributed by atoms with Gasteiger partial charge in [0.2, 0.25) is 0 Å². The van der Waals surface area contributed by atoms with E-state index < -0.39 is 0 Å². The van der Waals surface area contributed by atoms with Gasteiger partial charge in [-0.05, 0) is 44.9 Å². The largest absolute Gasteiger partial charge is 0.330 e. The van der Waals surface area contributed by atoms with E-state index >= 15 is 0 Å². The maximum Gasteiger partial charge on any atom is -0.00157 e. The highest BCUT2D eigenvalue weighted by atomic mass is 15.1. The Morgan fingerprint density at radius 2 is 1.86 bits per heavy atom. The van der Waals surface area contributed by atoms with E-state index in [2.05, 4.69) is 25.7 Å². The van der Waals surface area contributed by atoms with Gasteiger partial charge in [-0.3, -0.25) is 0 Å². The van der Waals surface area contributed by atoms with Crippen molar-refractivity contribution in [2.45, 2.75) is 46.5 Å². The van der Waals surface area contributed by atoms with Crippen LogP contribution in [0.25, 0.3) is 0 Å². The Kier molecular flexibility index (Phi) is 9.42. The Bertz CT molecular complexity index is 111. The third-order valence-electron chi connectivity index (χ3n) is 3.04. The smallest absolute Gasteiger partial charge is 0.00157 e. The lowest BCUT2D eigenvalue weighted by molar-refractivity contribution is 0.258. The molecule has 14 heavy (non-hydrogen) atoms. The molecule has 1 unspecified atom stereocenters. The minimum absolute atomic E-state index is 0.727. The third kappa shape index (κ3) is 6.39. The van der Waals surface area contributed by atoms with Crippen molar-refractivity contribution in [2.24, 2.45) is 11.7 Å². The summed E-state index contributed by atoms with van der Waals surface area (Å²) in [5, 5.41) is 0. The molecule has 2 heteroatoms. The fraction of sp³-hybridized carbons (Fsp3) is 1.00. The number of nitrogens with zero attached hydrogens (tertiary/aromatic N) is 1. The summed E-state index contributed by atoms with van der Waals surface area (Å²) in [5.41, 5.74) is 5.69. The summed E-state index contributed by atoms with van der Waals surface area (Å²) < 4.78 is 0. The van der Waals surface area contributed by atoms with Crippen LogP contribution in [0, 0.1) is 5.92 Å². The van der Waals surface area contributed by atoms with Crippen molar-refractivity contribution in [1.29, 1.82) is 0 Å². The predicted octanol–water partition coefficient (Wildman–Crippen LogP) is 2.48. The molecule has 0 saturated carbocycles. The molecule has 0 radical (unpaired) electrons. The quantitative estimate of drug-likeness (QED) is 0.619. The van der Waals surface area contributed by atoms with Gasteiger partial charge in [0.1, 0.15) is 0 Å². The molecule has 0 saturated heterocycles. The molecule has 2 nitrogen and oxygen atoms in total. The van der Waals surface area contributed by atoms with Crippen LogP contribution in [0.1, 0.15) is 46.5 Å². The molecule has 0 aliphatic heterocycles. The molecule has 2 N–H and O–H groups in total. The van der Waals surface area contributed by atoms with Crippen LogP contribution >= 0.6 is 0 Å². The predicted molar refractivity (Wildman–Crippen MR) is 64.5 cm³/mol. The molecule has 0 aliphatic carbocycles. The number of rotatable bonds is 9. The summed E-state index contributed by atoms with van der Waals surface area (Å²) in [5.74, 6) is 0.727. The fourth-order valence-electron chi connectivity index (χ4n) is 1.66. The van der Waals surface area contributed by atoms with E-state index in [-0.39, 0.29) is 0 Å². The maximum absolute atomic E-state index is 5.69. The van der Waals surface area contributed by atoms with E-state index in [0.717, 1.165) is 12.5 Å². The maximum atomic E-state index is 5.69. The first-order valence-corrected chi connectivity index (χ1v) is 6.20. The van der Waals surface area contributed by atoms with Gasteiger partial charge in [-0.15, -0.1) is 0 Å². The van der Waals surface area contributed by atoms with Crippen molar-refractivity contribution < 1.29 is 0 Å². The average molecular weight is 200 g/mol. The first-order valence-electron chi connectivity index (χ1n) is 6.20. The van der Waals surface area contributed by atoms with Crippen LogP contribution in [0.15, 0.2) is 0 Å². The Labute approximate surface area is 89.9 Å². The molecule has 0 aliphatic rings. The van der Waals surface area contributed by atoms with Crippen molar-refractivity contribution in [2.75, 3.05) is 26.2 Å². The standard InChI is InChI=1S/C12H28N2/c1-4-7-9-14(6-3)10-8-12(5-2)11-13/h12H,4-11,13H2,1-3H3. The van der Waals surface area contributed by atoms with Gasteiger partial charge in [0.15, 0.2) is 0 Å². The van der Waals surface area contributed by atoms with E-state index in [1.165, 1.54) is 45.3 Å². The van der Waals surface area contributed by atoms with Gasteiger partial charge >= 0.3 is 0 Å². The number of hydrogen-bond acceptors (Lipinski definition) is 2. The van der Waals surface area contributed by atoms with E-state index in [4.69, 9.17) is 5.73 Å². The molecule has 1 atom stereocenters. The zero-order valence-electron chi connectivity index (χ0n) is 10.3. The molecule has 0 aromatic heterocycles. The van der Waals surface area contributed by atoms with Crippen LogP contribution in [0.5, 0.6) is 0 Å². The molecule has 0 aromatic rings. The second kappa shape index (κ2) is 9.47. The van der Waals surface area contributed by atoms with Gasteiger partial charge in [-0.2, -0.15) is 0 Å². The topological polar surface area (TPSA) is 29.3 Å². The summed E-state index contributed by atoms with van der Waals surface area (Å²) in [4.78, 5) is 2.54. The first kappa shape index (κ1) is 13.9. The van der Waals surface area contributed by atoms with Gasteiger partial charge < -0.3 is 10.6 Å². The molecule has 0 fully saturated rings. The Morgan fingerprint density at radius 3 is 2.29 bits per heavy atom. The minimum atomic E-state index is 0.727. The molecule has 0 amide bonds. The highest BCUT2D eigenvalue weighted by molar-refractivity contribution is 4.62. The number of nitrogens with two attached hydrogens (primary N) is 1. The Balaban J connectivity index is 3.59. The van der Waals surface area contributed by atoms with E-state index in [1.54, 1.807) is 0 Å². The van der Waals surface area contributed by atoms with Crippen LogP contribution in [0.4, 0.5) is 0 Å². The number of hydrogen-bond donors (Lipinski definition) is 1. The van der Waals surface area contributed by atoms with Gasteiger partial charge in [0.25, 0.3) is 0 Å².